The highest BCUT2D eigenvalue weighted by molar-refractivity contribution is 6.01. The molecule has 0 aromatic carbocycles. The van der Waals surface area contributed by atoms with E-state index in [4.69, 9.17) is 0 Å². The molecule has 18 heavy (non-hydrogen) atoms. The van der Waals surface area contributed by atoms with Crippen molar-refractivity contribution in [2.24, 2.45) is 0 Å². The summed E-state index contributed by atoms with van der Waals surface area (Å²) in [4.78, 5) is 22.7. The van der Waals surface area contributed by atoms with E-state index >= 15 is 0 Å². The van der Waals surface area contributed by atoms with Crippen LogP contribution in [0.2, 0.25) is 0 Å². The fourth-order valence-corrected chi connectivity index (χ4v) is 2.03. The average Bonchev–Trinajstić information content (AvgIpc) is 2.36. The van der Waals surface area contributed by atoms with Gasteiger partial charge in [0.1, 0.15) is 0 Å². The highest BCUT2D eigenvalue weighted by atomic mass is 16.2. The van der Waals surface area contributed by atoms with Crippen molar-refractivity contribution in [3.63, 3.8) is 0 Å². The molecule has 2 rings (SSSR count). The molecule has 1 aromatic rings. The maximum Gasteiger partial charge on any atom is 0.247 e. The lowest BCUT2D eigenvalue weighted by Crippen LogP contribution is -2.45. The largest absolute Gasteiger partial charge is 0.358 e. The minimum absolute atomic E-state index is 0.0492. The molecule has 98 valence electrons. The number of hydrogen-bond donors (Lipinski definition) is 1. The summed E-state index contributed by atoms with van der Waals surface area (Å²) in [5.74, 6) is 1.77. The smallest absolute Gasteiger partial charge is 0.247 e. The van der Waals surface area contributed by atoms with Gasteiger partial charge >= 0.3 is 0 Å². The van der Waals surface area contributed by atoms with Crippen LogP contribution >= 0.6 is 0 Å². The fourth-order valence-electron chi connectivity index (χ4n) is 2.03. The van der Waals surface area contributed by atoms with E-state index in [1.165, 1.54) is 0 Å². The third-order valence-electron chi connectivity index (χ3n) is 3.31. The SMILES string of the molecule is CCC(C)c1cnc2c(n1)N(C(C)C)C(=O)CN2. The van der Waals surface area contributed by atoms with E-state index in [0.29, 0.717) is 24.1 Å². The molecule has 0 radical (unpaired) electrons. The summed E-state index contributed by atoms with van der Waals surface area (Å²) in [5.41, 5.74) is 0.943. The Balaban J connectivity index is 2.45. The van der Waals surface area contributed by atoms with Gasteiger partial charge in [-0.15, -0.1) is 0 Å². The molecule has 1 atom stereocenters. The van der Waals surface area contributed by atoms with Gasteiger partial charge in [-0.25, -0.2) is 9.97 Å². The number of aromatic nitrogens is 2. The second-order valence-corrected chi connectivity index (χ2v) is 4.99. The molecule has 0 saturated carbocycles. The predicted octanol–water partition coefficient (Wildman–Crippen LogP) is 2.16. The van der Waals surface area contributed by atoms with Gasteiger partial charge in [0.15, 0.2) is 11.6 Å². The Bertz CT molecular complexity index is 458. The van der Waals surface area contributed by atoms with Gasteiger partial charge in [0.05, 0.1) is 18.4 Å². The standard InChI is InChI=1S/C13H20N4O/c1-5-9(4)10-6-14-12-13(16-10)17(8(2)3)11(18)7-15-12/h6,8-9H,5,7H2,1-4H3,(H,14,15). The van der Waals surface area contributed by atoms with Crippen LogP contribution in [0, 0.1) is 0 Å². The van der Waals surface area contributed by atoms with Crippen molar-refractivity contribution < 1.29 is 4.79 Å². The normalized spacial score (nSPS) is 16.5. The van der Waals surface area contributed by atoms with Crippen LogP contribution in [0.5, 0.6) is 0 Å². The van der Waals surface area contributed by atoms with Crippen LogP contribution < -0.4 is 10.2 Å². The molecule has 0 aliphatic carbocycles. The van der Waals surface area contributed by atoms with Gasteiger partial charge in [0, 0.05) is 6.04 Å². The molecule has 5 heteroatoms. The van der Waals surface area contributed by atoms with Crippen molar-refractivity contribution in [3.8, 4) is 0 Å². The maximum absolute atomic E-state index is 11.9. The van der Waals surface area contributed by atoms with Crippen LogP contribution in [0.25, 0.3) is 0 Å². The van der Waals surface area contributed by atoms with Crippen LogP contribution in [-0.4, -0.2) is 28.5 Å². The summed E-state index contributed by atoms with van der Waals surface area (Å²) in [6.45, 7) is 8.52. The summed E-state index contributed by atoms with van der Waals surface area (Å²) in [5, 5.41) is 3.02. The van der Waals surface area contributed by atoms with Crippen LogP contribution in [0.15, 0.2) is 6.20 Å². The maximum atomic E-state index is 11.9. The van der Waals surface area contributed by atoms with Crippen LogP contribution in [-0.2, 0) is 4.79 Å². The third kappa shape index (κ3) is 2.17. The minimum Gasteiger partial charge on any atom is -0.358 e. The van der Waals surface area contributed by atoms with Gasteiger partial charge in [-0.1, -0.05) is 13.8 Å². The molecule has 1 N–H and O–H groups in total. The number of hydrogen-bond acceptors (Lipinski definition) is 4. The zero-order chi connectivity index (χ0) is 13.3. The average molecular weight is 248 g/mol. The molecule has 0 spiro atoms. The highest BCUT2D eigenvalue weighted by Gasteiger charge is 2.29. The number of anilines is 2. The zero-order valence-electron chi connectivity index (χ0n) is 11.4. The van der Waals surface area contributed by atoms with Crippen molar-refractivity contribution in [2.45, 2.75) is 46.1 Å². The molecule has 0 fully saturated rings. The number of carbonyl (C=O) groups excluding carboxylic acids is 1. The first kappa shape index (κ1) is 12.8. The molecule has 1 aliphatic heterocycles. The van der Waals surface area contributed by atoms with Gasteiger partial charge in [0.2, 0.25) is 5.91 Å². The summed E-state index contributed by atoms with van der Waals surface area (Å²) < 4.78 is 0. The topological polar surface area (TPSA) is 58.1 Å². The lowest BCUT2D eigenvalue weighted by molar-refractivity contribution is -0.117. The van der Waals surface area contributed by atoms with Gasteiger partial charge in [-0.05, 0) is 26.2 Å². The Labute approximate surface area is 108 Å². The minimum atomic E-state index is 0.0492. The van der Waals surface area contributed by atoms with E-state index in [1.807, 2.05) is 13.8 Å². The zero-order valence-corrected chi connectivity index (χ0v) is 11.4. The van der Waals surface area contributed by atoms with E-state index in [-0.39, 0.29) is 11.9 Å². The summed E-state index contributed by atoms with van der Waals surface area (Å²) in [7, 11) is 0. The quantitative estimate of drug-likeness (QED) is 0.890. The van der Waals surface area contributed by atoms with E-state index in [9.17, 15) is 4.79 Å². The fraction of sp³-hybridized carbons (Fsp3) is 0.615. The Kier molecular flexibility index (Phi) is 3.50. The van der Waals surface area contributed by atoms with Crippen molar-refractivity contribution in [3.05, 3.63) is 11.9 Å². The van der Waals surface area contributed by atoms with E-state index in [1.54, 1.807) is 11.1 Å². The van der Waals surface area contributed by atoms with Gasteiger partial charge < -0.3 is 5.32 Å². The lowest BCUT2D eigenvalue weighted by Gasteiger charge is -2.31. The first-order valence-corrected chi connectivity index (χ1v) is 6.47. The Hall–Kier alpha value is -1.65. The second-order valence-electron chi connectivity index (χ2n) is 4.99. The van der Waals surface area contributed by atoms with Crippen LogP contribution in [0.4, 0.5) is 11.6 Å². The predicted molar refractivity (Wildman–Crippen MR) is 71.8 cm³/mol. The third-order valence-corrected chi connectivity index (χ3v) is 3.31. The summed E-state index contributed by atoms with van der Waals surface area (Å²) >= 11 is 0. The second kappa shape index (κ2) is 4.92. The number of carbonyl (C=O) groups is 1. The Morgan fingerprint density at radius 2 is 2.17 bits per heavy atom. The van der Waals surface area contributed by atoms with Crippen molar-refractivity contribution >= 4 is 17.5 Å². The molecular formula is C13H20N4O. The molecule has 5 nitrogen and oxygen atoms in total. The number of amides is 1. The number of rotatable bonds is 3. The number of nitrogens with one attached hydrogen (secondary N) is 1. The van der Waals surface area contributed by atoms with Crippen LogP contribution in [0.3, 0.4) is 0 Å². The van der Waals surface area contributed by atoms with Gasteiger partial charge in [-0.3, -0.25) is 9.69 Å². The molecule has 1 amide bonds. The number of nitrogens with zero attached hydrogens (tertiary/aromatic N) is 3. The number of fused-ring (bicyclic) bond motifs is 1. The van der Waals surface area contributed by atoms with Crippen LogP contribution in [0.1, 0.15) is 45.7 Å². The molecule has 0 bridgehead atoms. The molecule has 0 saturated heterocycles. The molecular weight excluding hydrogens is 228 g/mol. The monoisotopic (exact) mass is 248 g/mol. The molecule has 1 aliphatic rings. The van der Waals surface area contributed by atoms with Crippen molar-refractivity contribution in [1.82, 2.24) is 9.97 Å². The first-order chi connectivity index (χ1) is 8.54. The van der Waals surface area contributed by atoms with Crippen molar-refractivity contribution in [1.29, 1.82) is 0 Å². The van der Waals surface area contributed by atoms with Gasteiger partial charge in [-0.2, -0.15) is 0 Å². The molecule has 1 unspecified atom stereocenters. The lowest BCUT2D eigenvalue weighted by atomic mass is 10.1. The highest BCUT2D eigenvalue weighted by Crippen LogP contribution is 2.29. The Morgan fingerprint density at radius 3 is 2.78 bits per heavy atom. The van der Waals surface area contributed by atoms with E-state index < -0.39 is 0 Å². The molecule has 2 heterocycles. The van der Waals surface area contributed by atoms with E-state index in [0.717, 1.165) is 12.1 Å². The van der Waals surface area contributed by atoms with Crippen molar-refractivity contribution in [2.75, 3.05) is 16.8 Å². The summed E-state index contributed by atoms with van der Waals surface area (Å²) in [6.07, 6.45) is 2.81. The summed E-state index contributed by atoms with van der Waals surface area (Å²) in [6, 6.07) is 0.0971. The first-order valence-electron chi connectivity index (χ1n) is 6.47. The Morgan fingerprint density at radius 1 is 1.44 bits per heavy atom. The van der Waals surface area contributed by atoms with Gasteiger partial charge in [0.25, 0.3) is 0 Å². The van der Waals surface area contributed by atoms with E-state index in [2.05, 4.69) is 29.1 Å². The molecule has 1 aromatic heterocycles.